The van der Waals surface area contributed by atoms with Crippen molar-refractivity contribution >= 4 is 22.3 Å². The van der Waals surface area contributed by atoms with Gasteiger partial charge in [0.25, 0.3) is 0 Å². The van der Waals surface area contributed by atoms with Gasteiger partial charge in [-0.3, -0.25) is 9.67 Å². The Morgan fingerprint density at radius 2 is 1.94 bits per heavy atom. The number of hydrogen-bond acceptors (Lipinski definition) is 7. The summed E-state index contributed by atoms with van der Waals surface area (Å²) in [5.74, 6) is 0.724. The van der Waals surface area contributed by atoms with E-state index in [1.807, 2.05) is 50.8 Å². The van der Waals surface area contributed by atoms with Crippen molar-refractivity contribution in [3.8, 4) is 11.1 Å². The summed E-state index contributed by atoms with van der Waals surface area (Å²) >= 11 is 0. The first-order valence-electron chi connectivity index (χ1n) is 10.2. The normalized spacial score (nSPS) is 13.1. The highest BCUT2D eigenvalue weighted by atomic mass is 16.6. The van der Waals surface area contributed by atoms with E-state index in [0.717, 1.165) is 33.4 Å². The number of benzene rings is 1. The lowest BCUT2D eigenvalue weighted by molar-refractivity contribution is 0.213. The first-order chi connectivity index (χ1) is 15.5. The fourth-order valence-electron chi connectivity index (χ4n) is 3.75. The second-order valence-corrected chi connectivity index (χ2v) is 7.71. The molecule has 0 aliphatic heterocycles. The molecule has 32 heavy (non-hydrogen) atoms. The van der Waals surface area contributed by atoms with Crippen molar-refractivity contribution in [1.29, 1.82) is 0 Å². The van der Waals surface area contributed by atoms with E-state index in [0.29, 0.717) is 17.1 Å². The standard InChI is InChI=1S/C23H22N8O/c1-14(23-27-26-22-8-7-20(28-31(22)23)15(2)29-32-4)16-5-6-21-17(9-16)10-18(11-24-21)19-12-25-30(3)13-19/h5-14H,1-4H3. The van der Waals surface area contributed by atoms with E-state index in [9.17, 15) is 0 Å². The zero-order chi connectivity index (χ0) is 22.2. The van der Waals surface area contributed by atoms with Crippen LogP contribution in [-0.2, 0) is 11.9 Å². The molecule has 4 heterocycles. The van der Waals surface area contributed by atoms with Crippen LogP contribution in [0.3, 0.4) is 0 Å². The van der Waals surface area contributed by atoms with Gasteiger partial charge in [-0.1, -0.05) is 18.1 Å². The van der Waals surface area contributed by atoms with E-state index in [1.54, 1.807) is 9.20 Å². The number of nitrogens with zero attached hydrogens (tertiary/aromatic N) is 8. The average Bonchev–Trinajstić information content (AvgIpc) is 3.43. The third-order valence-corrected chi connectivity index (χ3v) is 5.52. The highest BCUT2D eigenvalue weighted by molar-refractivity contribution is 5.96. The van der Waals surface area contributed by atoms with Gasteiger partial charge < -0.3 is 4.84 Å². The third kappa shape index (κ3) is 3.47. The highest BCUT2D eigenvalue weighted by Crippen LogP contribution is 2.28. The molecule has 5 rings (SSSR count). The lowest BCUT2D eigenvalue weighted by Crippen LogP contribution is -2.09. The van der Waals surface area contributed by atoms with Crippen LogP contribution in [0.25, 0.3) is 27.7 Å². The van der Waals surface area contributed by atoms with E-state index in [-0.39, 0.29) is 5.92 Å². The Bertz CT molecular complexity index is 1470. The van der Waals surface area contributed by atoms with Crippen LogP contribution in [0.15, 0.2) is 60.1 Å². The number of rotatable bonds is 5. The number of oxime groups is 1. The lowest BCUT2D eigenvalue weighted by Gasteiger charge is -2.11. The van der Waals surface area contributed by atoms with Gasteiger partial charge in [-0.25, -0.2) is 0 Å². The van der Waals surface area contributed by atoms with Crippen molar-refractivity contribution in [3.05, 3.63) is 72.1 Å². The van der Waals surface area contributed by atoms with Crippen LogP contribution in [0.2, 0.25) is 0 Å². The Hall–Kier alpha value is -4.14. The van der Waals surface area contributed by atoms with Crippen LogP contribution in [0, 0.1) is 0 Å². The Labute approximate surface area is 184 Å². The summed E-state index contributed by atoms with van der Waals surface area (Å²) in [6, 6.07) is 12.1. The molecule has 0 saturated heterocycles. The summed E-state index contributed by atoms with van der Waals surface area (Å²) in [7, 11) is 3.42. The first-order valence-corrected chi connectivity index (χ1v) is 10.2. The summed E-state index contributed by atoms with van der Waals surface area (Å²) in [5.41, 5.74) is 6.18. The maximum absolute atomic E-state index is 4.88. The molecular weight excluding hydrogens is 404 g/mol. The fourth-order valence-corrected chi connectivity index (χ4v) is 3.75. The van der Waals surface area contributed by atoms with Gasteiger partial charge in [0.15, 0.2) is 11.5 Å². The number of hydrogen-bond donors (Lipinski definition) is 0. The minimum absolute atomic E-state index is 0.0288. The van der Waals surface area contributed by atoms with E-state index in [2.05, 4.69) is 55.7 Å². The molecule has 9 heteroatoms. The molecule has 5 aromatic rings. The summed E-state index contributed by atoms with van der Waals surface area (Å²) in [6.07, 6.45) is 5.70. The molecule has 9 nitrogen and oxygen atoms in total. The third-order valence-electron chi connectivity index (χ3n) is 5.52. The SMILES string of the molecule is CON=C(C)c1ccc2nnc(C(C)c3ccc4ncc(-c5cnn(C)c5)cc4c3)n2n1. The van der Waals surface area contributed by atoms with Crippen LogP contribution in [0.4, 0.5) is 0 Å². The Morgan fingerprint density at radius 1 is 1.06 bits per heavy atom. The predicted octanol–water partition coefficient (Wildman–Crippen LogP) is 3.60. The van der Waals surface area contributed by atoms with Gasteiger partial charge in [0.2, 0.25) is 0 Å². The molecule has 0 amide bonds. The number of fused-ring (bicyclic) bond motifs is 2. The van der Waals surface area contributed by atoms with Crippen LogP contribution < -0.4 is 0 Å². The van der Waals surface area contributed by atoms with Gasteiger partial charge >= 0.3 is 0 Å². The van der Waals surface area contributed by atoms with Gasteiger partial charge in [-0.2, -0.15) is 14.7 Å². The largest absolute Gasteiger partial charge is 0.399 e. The second kappa shape index (κ2) is 7.84. The molecule has 1 aromatic carbocycles. The molecule has 0 N–H and O–H groups in total. The molecule has 0 bridgehead atoms. The van der Waals surface area contributed by atoms with Crippen molar-refractivity contribution in [2.45, 2.75) is 19.8 Å². The molecule has 1 atom stereocenters. The quantitative estimate of drug-likeness (QED) is 0.315. The number of pyridine rings is 1. The average molecular weight is 426 g/mol. The molecule has 160 valence electrons. The molecule has 0 aliphatic carbocycles. The van der Waals surface area contributed by atoms with Gasteiger partial charge in [-0.15, -0.1) is 10.2 Å². The summed E-state index contributed by atoms with van der Waals surface area (Å²) < 4.78 is 3.55. The fraction of sp³-hybridized carbons (Fsp3) is 0.217. The van der Waals surface area contributed by atoms with E-state index < -0.39 is 0 Å². The molecule has 0 fully saturated rings. The molecule has 0 aliphatic rings. The van der Waals surface area contributed by atoms with Crippen molar-refractivity contribution < 1.29 is 4.84 Å². The molecule has 0 radical (unpaired) electrons. The maximum atomic E-state index is 4.88. The van der Waals surface area contributed by atoms with Crippen molar-refractivity contribution in [2.75, 3.05) is 7.11 Å². The maximum Gasteiger partial charge on any atom is 0.177 e. The van der Waals surface area contributed by atoms with Gasteiger partial charge in [0.05, 0.1) is 11.7 Å². The van der Waals surface area contributed by atoms with Gasteiger partial charge in [0, 0.05) is 41.9 Å². The second-order valence-electron chi connectivity index (χ2n) is 7.71. The minimum Gasteiger partial charge on any atom is -0.399 e. The smallest absolute Gasteiger partial charge is 0.177 e. The Kier molecular flexibility index (Phi) is 4.85. The van der Waals surface area contributed by atoms with Crippen molar-refractivity contribution in [2.24, 2.45) is 12.2 Å². The van der Waals surface area contributed by atoms with Gasteiger partial charge in [-0.05, 0) is 42.8 Å². The van der Waals surface area contributed by atoms with Crippen LogP contribution in [0.5, 0.6) is 0 Å². The summed E-state index contributed by atoms with van der Waals surface area (Å²) in [4.78, 5) is 9.50. The van der Waals surface area contributed by atoms with Crippen LogP contribution >= 0.6 is 0 Å². The zero-order valence-electron chi connectivity index (χ0n) is 18.3. The topological polar surface area (TPSA) is 95.4 Å². The predicted molar refractivity (Wildman–Crippen MR) is 121 cm³/mol. The Balaban J connectivity index is 1.55. The molecule has 0 saturated carbocycles. The summed E-state index contributed by atoms with van der Waals surface area (Å²) in [5, 5.41) is 22.7. The molecule has 0 spiro atoms. The lowest BCUT2D eigenvalue weighted by atomic mass is 9.98. The Morgan fingerprint density at radius 3 is 2.72 bits per heavy atom. The highest BCUT2D eigenvalue weighted by Gasteiger charge is 2.18. The van der Waals surface area contributed by atoms with E-state index >= 15 is 0 Å². The van der Waals surface area contributed by atoms with Crippen molar-refractivity contribution in [1.82, 2.24) is 34.6 Å². The molecular formula is C23H22N8O. The van der Waals surface area contributed by atoms with E-state index in [4.69, 9.17) is 4.84 Å². The van der Waals surface area contributed by atoms with Crippen molar-refractivity contribution in [3.63, 3.8) is 0 Å². The summed E-state index contributed by atoms with van der Waals surface area (Å²) in [6.45, 7) is 3.95. The first kappa shape index (κ1) is 19.8. The van der Waals surface area contributed by atoms with Crippen LogP contribution in [-0.4, -0.2) is 47.4 Å². The zero-order valence-corrected chi connectivity index (χ0v) is 18.3. The van der Waals surface area contributed by atoms with Gasteiger partial charge in [0.1, 0.15) is 18.5 Å². The monoisotopic (exact) mass is 426 g/mol. The van der Waals surface area contributed by atoms with Crippen LogP contribution in [0.1, 0.15) is 36.8 Å². The van der Waals surface area contributed by atoms with E-state index in [1.165, 1.54) is 7.11 Å². The minimum atomic E-state index is -0.0288. The molecule has 4 aromatic heterocycles. The molecule has 1 unspecified atom stereocenters. The number of aromatic nitrogens is 7. The number of aryl methyl sites for hydroxylation is 1.